The van der Waals surface area contributed by atoms with E-state index in [1.54, 1.807) is 24.3 Å². The van der Waals surface area contributed by atoms with E-state index >= 15 is 0 Å². The first-order chi connectivity index (χ1) is 25.1. The summed E-state index contributed by atoms with van der Waals surface area (Å²) in [7, 11) is 0. The molecule has 1 radical (unpaired) electrons. The summed E-state index contributed by atoms with van der Waals surface area (Å²) < 4.78 is 0. The van der Waals surface area contributed by atoms with Gasteiger partial charge in [-0.1, -0.05) is 75.6 Å². The number of rotatable bonds is 0. The molecule has 8 N–H and O–H groups in total. The van der Waals surface area contributed by atoms with Crippen LogP contribution >= 0.6 is 0 Å². The molecular formula is C41H63CuN9O2. The van der Waals surface area contributed by atoms with E-state index in [2.05, 4.69) is 47.9 Å². The molecule has 8 unspecified atom stereocenters. The molecule has 11 rings (SSSR count). The van der Waals surface area contributed by atoms with Gasteiger partial charge in [-0.15, -0.1) is 0 Å². The van der Waals surface area contributed by atoms with Gasteiger partial charge in [0.1, 0.15) is 0 Å². The van der Waals surface area contributed by atoms with Crippen LogP contribution in [0.4, 0.5) is 0 Å². The SMILES string of the molecule is C1CCC2C3NC(NC4NC(NC5NC(NC6NC(N3)C3CCCCC63)C3CCCCC53)C3CCCCC43)C2C1.O=C1[N-]C(=O)c2ccccc21.[CH3-].[Cu+2]. The predicted molar refractivity (Wildman–Crippen MR) is 202 cm³/mol. The van der Waals surface area contributed by atoms with E-state index in [9.17, 15) is 9.59 Å². The fourth-order valence-electron chi connectivity index (χ4n) is 13.0. The number of benzene rings is 1. The molecule has 2 amide bonds. The minimum absolute atomic E-state index is 0. The van der Waals surface area contributed by atoms with Crippen LogP contribution in [0, 0.1) is 54.8 Å². The largest absolute Gasteiger partial charge is 2.00 e. The molecule has 5 saturated heterocycles. The summed E-state index contributed by atoms with van der Waals surface area (Å²) in [4.78, 5) is 21.8. The van der Waals surface area contributed by atoms with Crippen LogP contribution in [-0.4, -0.2) is 61.1 Å². The van der Waals surface area contributed by atoms with Gasteiger partial charge in [0.2, 0.25) is 0 Å². The first-order valence-electron chi connectivity index (χ1n) is 21.1. The second kappa shape index (κ2) is 16.2. The molecule has 9 fully saturated rings. The van der Waals surface area contributed by atoms with Crippen molar-refractivity contribution in [2.24, 2.45) is 47.3 Å². The molecule has 4 saturated carbocycles. The van der Waals surface area contributed by atoms with Crippen LogP contribution in [0.2, 0.25) is 0 Å². The summed E-state index contributed by atoms with van der Waals surface area (Å²) >= 11 is 0. The molecule has 12 heteroatoms. The van der Waals surface area contributed by atoms with Gasteiger partial charge in [0.05, 0.1) is 61.1 Å². The van der Waals surface area contributed by atoms with Crippen molar-refractivity contribution in [2.45, 2.75) is 152 Å². The van der Waals surface area contributed by atoms with Gasteiger partial charge in [-0.05, 0) is 98.7 Å². The molecule has 8 atom stereocenters. The van der Waals surface area contributed by atoms with Crippen LogP contribution in [0.25, 0.3) is 5.32 Å². The number of nitrogens with one attached hydrogen (secondary N) is 8. The first kappa shape index (κ1) is 38.4. The monoisotopic (exact) mass is 776 g/mol. The molecule has 53 heavy (non-hydrogen) atoms. The Hall–Kier alpha value is -1.44. The quantitative estimate of drug-likeness (QED) is 0.109. The minimum Gasteiger partial charge on any atom is -0.587 e. The Morgan fingerprint density at radius 3 is 0.755 bits per heavy atom. The van der Waals surface area contributed by atoms with Crippen LogP contribution in [0.15, 0.2) is 24.3 Å². The summed E-state index contributed by atoms with van der Waals surface area (Å²) in [6.07, 6.45) is 25.6. The zero-order valence-electron chi connectivity index (χ0n) is 31.4. The van der Waals surface area contributed by atoms with Gasteiger partial charge < -0.3 is 22.3 Å². The maximum Gasteiger partial charge on any atom is 2.00 e. The zero-order valence-corrected chi connectivity index (χ0v) is 32.4. The maximum absolute atomic E-state index is 10.9. The van der Waals surface area contributed by atoms with Gasteiger partial charge >= 0.3 is 17.1 Å². The molecule has 1 aromatic carbocycles. The second-order valence-corrected chi connectivity index (χ2v) is 17.9. The summed E-state index contributed by atoms with van der Waals surface area (Å²) in [5, 5.41) is 37.1. The Morgan fingerprint density at radius 2 is 0.566 bits per heavy atom. The molecule has 8 bridgehead atoms. The van der Waals surface area contributed by atoms with Gasteiger partial charge in [-0.25, -0.2) is 0 Å². The molecule has 11 nitrogen and oxygen atoms in total. The molecule has 295 valence electrons. The van der Waals surface area contributed by atoms with Gasteiger partial charge in [0.25, 0.3) is 0 Å². The summed E-state index contributed by atoms with van der Waals surface area (Å²) in [6.45, 7) is 0. The molecule has 1 aromatic rings. The molecule has 4 aliphatic carbocycles. The first-order valence-corrected chi connectivity index (χ1v) is 21.1. The van der Waals surface area contributed by atoms with E-state index in [0.717, 1.165) is 47.3 Å². The summed E-state index contributed by atoms with van der Waals surface area (Å²) in [6, 6.07) is 6.63. The number of carbonyl (C=O) groups is 2. The number of nitrogens with zero attached hydrogens (tertiary/aromatic N) is 1. The van der Waals surface area contributed by atoms with Gasteiger partial charge in [0, 0.05) is 11.1 Å². The van der Waals surface area contributed by atoms with E-state index in [0.29, 0.717) is 60.5 Å². The number of carbonyl (C=O) groups excluding carboxylic acids is 2. The Morgan fingerprint density at radius 1 is 0.377 bits per heavy atom. The second-order valence-electron chi connectivity index (χ2n) is 17.9. The molecule has 6 heterocycles. The predicted octanol–water partition coefficient (Wildman–Crippen LogP) is 4.41. The van der Waals surface area contributed by atoms with Crippen LogP contribution in [0.1, 0.15) is 123 Å². The van der Waals surface area contributed by atoms with Crippen molar-refractivity contribution < 1.29 is 26.7 Å². The van der Waals surface area contributed by atoms with Crippen molar-refractivity contribution in [3.63, 3.8) is 0 Å². The van der Waals surface area contributed by atoms with E-state index in [4.69, 9.17) is 0 Å². The summed E-state index contributed by atoms with van der Waals surface area (Å²) in [5.41, 5.74) is 0.829. The Labute approximate surface area is 327 Å². The fraction of sp³-hybridized carbons (Fsp3) is 0.780. The van der Waals surface area contributed by atoms with Crippen molar-refractivity contribution in [3.8, 4) is 0 Å². The number of hydrogen-bond donors (Lipinski definition) is 8. The molecule has 6 aliphatic heterocycles. The third kappa shape index (κ3) is 7.10. The van der Waals surface area contributed by atoms with E-state index in [-0.39, 0.29) is 24.5 Å². The number of amides is 2. The van der Waals surface area contributed by atoms with Crippen LogP contribution in [0.3, 0.4) is 0 Å². The topological polar surface area (TPSA) is 144 Å². The van der Waals surface area contributed by atoms with Crippen molar-refractivity contribution in [2.75, 3.05) is 0 Å². The van der Waals surface area contributed by atoms with E-state index in [1.807, 2.05) is 0 Å². The van der Waals surface area contributed by atoms with Crippen LogP contribution < -0.4 is 42.5 Å². The van der Waals surface area contributed by atoms with Crippen molar-refractivity contribution >= 4 is 11.8 Å². The number of hydrogen-bond acceptors (Lipinski definition) is 10. The average Bonchev–Trinajstić information content (AvgIpc) is 3.96. The number of imide groups is 1. The molecule has 10 aliphatic rings. The van der Waals surface area contributed by atoms with Crippen LogP contribution in [0.5, 0.6) is 0 Å². The maximum atomic E-state index is 10.9. The van der Waals surface area contributed by atoms with Crippen molar-refractivity contribution in [3.05, 3.63) is 48.1 Å². The average molecular weight is 778 g/mol. The van der Waals surface area contributed by atoms with Crippen molar-refractivity contribution in [1.82, 2.24) is 42.5 Å². The van der Waals surface area contributed by atoms with Crippen LogP contribution in [-0.2, 0) is 17.1 Å². The zero-order chi connectivity index (χ0) is 34.1. The fourth-order valence-corrected chi connectivity index (χ4v) is 13.0. The standard InChI is InChI=1S/C32H56N8.C8H5NO2.CH3.Cu/c1-2-10-18-17(9-1)25-33-26(18)38-28-21-13-5-6-14-22(21)30(35-28)40-32-24-16-8-7-15-23(24)31(36-32)39-29-20-12-4-3-11-19(20)27(34-29)37-25;10-7-5-3-1-2-4-6(5)8(11)9-7;;/h17-40H,1-16H2;1-4H,(H,9,10,11);1H3;/q;;-1;+2/p-1. The normalized spacial score (nSPS) is 46.5. The van der Waals surface area contributed by atoms with Gasteiger partial charge in [0.15, 0.2) is 0 Å². The minimum atomic E-state index is -0.425. The Bertz CT molecular complexity index is 1230. The van der Waals surface area contributed by atoms with Crippen molar-refractivity contribution in [1.29, 1.82) is 0 Å². The molecule has 0 spiro atoms. The van der Waals surface area contributed by atoms with E-state index in [1.165, 1.54) is 103 Å². The van der Waals surface area contributed by atoms with Gasteiger partial charge in [-0.3, -0.25) is 42.5 Å². The third-order valence-electron chi connectivity index (χ3n) is 15.4. The van der Waals surface area contributed by atoms with Gasteiger partial charge in [-0.2, -0.15) is 0 Å². The Balaban J connectivity index is 0.000000265. The molecular weight excluding hydrogens is 714 g/mol. The van der Waals surface area contributed by atoms with E-state index < -0.39 is 11.8 Å². The molecule has 0 aromatic heterocycles. The summed E-state index contributed by atoms with van der Waals surface area (Å²) in [5.74, 6) is 5.12. The Kier molecular flexibility index (Phi) is 11.7. The number of fused-ring (bicyclic) bond motifs is 21. The third-order valence-corrected chi connectivity index (χ3v) is 15.4. The smallest absolute Gasteiger partial charge is 0.587 e.